The molecule has 1 aliphatic rings. The zero-order valence-electron chi connectivity index (χ0n) is 13.4. The van der Waals surface area contributed by atoms with E-state index in [0.29, 0.717) is 6.04 Å². The number of hydrogen-bond acceptors (Lipinski definition) is 2. The van der Waals surface area contributed by atoms with Gasteiger partial charge >= 0.3 is 0 Å². The Kier molecular flexibility index (Phi) is 6.65. The minimum Gasteiger partial charge on any atom is -0.316 e. The fraction of sp³-hybridized carbons (Fsp3) is 1.00. The Morgan fingerprint density at radius 1 is 1.00 bits per heavy atom. The monoisotopic (exact) mass is 254 g/mol. The lowest BCUT2D eigenvalue weighted by molar-refractivity contribution is 0.0774. The summed E-state index contributed by atoms with van der Waals surface area (Å²) >= 11 is 0. The Morgan fingerprint density at radius 3 is 2.06 bits per heavy atom. The van der Waals surface area contributed by atoms with Crippen molar-refractivity contribution in [1.29, 1.82) is 0 Å². The third-order valence-electron chi connectivity index (χ3n) is 4.32. The highest BCUT2D eigenvalue weighted by molar-refractivity contribution is 4.81. The van der Waals surface area contributed by atoms with Gasteiger partial charge in [-0.3, -0.25) is 4.90 Å². The molecule has 0 bridgehead atoms. The average Bonchev–Trinajstić information content (AvgIpc) is 2.26. The molecule has 0 aromatic rings. The highest BCUT2D eigenvalue weighted by Crippen LogP contribution is 2.24. The summed E-state index contributed by atoms with van der Waals surface area (Å²) < 4.78 is 0. The summed E-state index contributed by atoms with van der Waals surface area (Å²) in [5.74, 6) is 3.22. The maximum absolute atomic E-state index is 3.60. The van der Waals surface area contributed by atoms with Crippen molar-refractivity contribution >= 4 is 0 Å². The van der Waals surface area contributed by atoms with Crippen LogP contribution < -0.4 is 5.32 Å². The quantitative estimate of drug-likeness (QED) is 0.783. The van der Waals surface area contributed by atoms with Crippen LogP contribution in [0, 0.1) is 23.7 Å². The van der Waals surface area contributed by atoms with E-state index in [-0.39, 0.29) is 0 Å². The van der Waals surface area contributed by atoms with Crippen molar-refractivity contribution in [2.24, 2.45) is 23.7 Å². The lowest BCUT2D eigenvalue weighted by atomic mass is 9.89. The maximum Gasteiger partial charge on any atom is 0.0105 e. The molecule has 1 heterocycles. The smallest absolute Gasteiger partial charge is 0.0105 e. The maximum atomic E-state index is 3.60. The van der Waals surface area contributed by atoms with Gasteiger partial charge in [0.2, 0.25) is 0 Å². The van der Waals surface area contributed by atoms with Crippen LogP contribution in [0.25, 0.3) is 0 Å². The van der Waals surface area contributed by atoms with Crippen molar-refractivity contribution in [1.82, 2.24) is 10.2 Å². The van der Waals surface area contributed by atoms with Crippen LogP contribution in [0.3, 0.4) is 0 Å². The molecule has 108 valence electrons. The van der Waals surface area contributed by atoms with E-state index in [2.05, 4.69) is 51.8 Å². The molecule has 1 fully saturated rings. The van der Waals surface area contributed by atoms with Crippen LogP contribution in [0.4, 0.5) is 0 Å². The van der Waals surface area contributed by atoms with E-state index in [4.69, 9.17) is 0 Å². The van der Waals surface area contributed by atoms with Crippen LogP contribution in [-0.4, -0.2) is 37.1 Å². The van der Waals surface area contributed by atoms with E-state index in [0.717, 1.165) is 36.8 Å². The van der Waals surface area contributed by atoms with Crippen LogP contribution in [0.15, 0.2) is 0 Å². The molecule has 4 unspecified atom stereocenters. The molecule has 0 aliphatic carbocycles. The zero-order valence-corrected chi connectivity index (χ0v) is 13.4. The molecule has 0 radical (unpaired) electrons. The Morgan fingerprint density at radius 2 is 1.56 bits per heavy atom. The number of rotatable bonds is 6. The lowest BCUT2D eigenvalue weighted by Gasteiger charge is -2.41. The molecule has 1 rings (SSSR count). The van der Waals surface area contributed by atoms with Crippen LogP contribution >= 0.6 is 0 Å². The number of nitrogens with zero attached hydrogens (tertiary/aromatic N) is 1. The van der Waals surface area contributed by atoms with Gasteiger partial charge in [0.25, 0.3) is 0 Å². The van der Waals surface area contributed by atoms with E-state index in [1.165, 1.54) is 19.5 Å². The summed E-state index contributed by atoms with van der Waals surface area (Å²) in [6.07, 6.45) is 1.41. The molecule has 2 nitrogen and oxygen atoms in total. The Labute approximate surface area is 115 Å². The normalized spacial score (nSPS) is 29.5. The van der Waals surface area contributed by atoms with Crippen molar-refractivity contribution in [2.75, 3.05) is 26.2 Å². The summed E-state index contributed by atoms with van der Waals surface area (Å²) in [7, 11) is 0. The standard InChI is InChI=1S/C16H34N2/c1-12(2)8-17-9-15(5)16(6)18-10-13(3)7-14(4)11-18/h12-17H,7-11H2,1-6H3. The molecule has 1 N–H and O–H groups in total. The van der Waals surface area contributed by atoms with Gasteiger partial charge in [0, 0.05) is 19.1 Å². The Hall–Kier alpha value is -0.0800. The molecule has 18 heavy (non-hydrogen) atoms. The van der Waals surface area contributed by atoms with Gasteiger partial charge in [-0.25, -0.2) is 0 Å². The van der Waals surface area contributed by atoms with Crippen molar-refractivity contribution in [3.8, 4) is 0 Å². The second-order valence-electron chi connectivity index (χ2n) is 7.17. The second kappa shape index (κ2) is 7.49. The minimum atomic E-state index is 0.704. The highest BCUT2D eigenvalue weighted by atomic mass is 15.2. The van der Waals surface area contributed by atoms with Crippen LogP contribution in [0.1, 0.15) is 48.0 Å². The molecule has 0 aromatic carbocycles. The van der Waals surface area contributed by atoms with Crippen LogP contribution in [0.2, 0.25) is 0 Å². The van der Waals surface area contributed by atoms with Crippen molar-refractivity contribution in [3.05, 3.63) is 0 Å². The van der Waals surface area contributed by atoms with Gasteiger partial charge in [-0.05, 0) is 50.1 Å². The van der Waals surface area contributed by atoms with Crippen molar-refractivity contribution < 1.29 is 0 Å². The molecule has 4 atom stereocenters. The lowest BCUT2D eigenvalue weighted by Crippen LogP contribution is -2.48. The third kappa shape index (κ3) is 5.27. The van der Waals surface area contributed by atoms with Gasteiger partial charge in [0.1, 0.15) is 0 Å². The van der Waals surface area contributed by atoms with E-state index >= 15 is 0 Å². The SMILES string of the molecule is CC(C)CNCC(C)C(C)N1CC(C)CC(C)C1. The van der Waals surface area contributed by atoms with Crippen LogP contribution in [-0.2, 0) is 0 Å². The van der Waals surface area contributed by atoms with E-state index < -0.39 is 0 Å². The summed E-state index contributed by atoms with van der Waals surface area (Å²) in [5, 5.41) is 3.60. The molecule has 1 aliphatic heterocycles. The van der Waals surface area contributed by atoms with Gasteiger partial charge in [0.05, 0.1) is 0 Å². The molecule has 0 spiro atoms. The predicted molar refractivity (Wildman–Crippen MR) is 80.9 cm³/mol. The second-order valence-corrected chi connectivity index (χ2v) is 7.17. The van der Waals surface area contributed by atoms with E-state index in [1.54, 1.807) is 0 Å². The first-order valence-corrected chi connectivity index (χ1v) is 7.84. The summed E-state index contributed by atoms with van der Waals surface area (Å²) in [5.41, 5.74) is 0. The summed E-state index contributed by atoms with van der Waals surface area (Å²) in [4.78, 5) is 2.71. The van der Waals surface area contributed by atoms with Crippen molar-refractivity contribution in [2.45, 2.75) is 54.0 Å². The van der Waals surface area contributed by atoms with Gasteiger partial charge in [-0.1, -0.05) is 34.6 Å². The van der Waals surface area contributed by atoms with E-state index in [1.807, 2.05) is 0 Å². The molecule has 0 amide bonds. The summed E-state index contributed by atoms with van der Waals surface area (Å²) in [6, 6.07) is 0.704. The van der Waals surface area contributed by atoms with Crippen molar-refractivity contribution in [3.63, 3.8) is 0 Å². The largest absolute Gasteiger partial charge is 0.316 e. The first-order valence-electron chi connectivity index (χ1n) is 7.84. The first-order chi connectivity index (χ1) is 8.40. The fourth-order valence-electron chi connectivity index (χ4n) is 3.17. The number of piperidine rings is 1. The zero-order chi connectivity index (χ0) is 13.7. The first kappa shape index (κ1) is 16.0. The molecular formula is C16H34N2. The predicted octanol–water partition coefficient (Wildman–Crippen LogP) is 3.23. The van der Waals surface area contributed by atoms with Crippen LogP contribution in [0.5, 0.6) is 0 Å². The number of nitrogens with one attached hydrogen (secondary N) is 1. The fourth-order valence-corrected chi connectivity index (χ4v) is 3.17. The molecule has 0 aromatic heterocycles. The average molecular weight is 254 g/mol. The molecule has 2 heteroatoms. The van der Waals surface area contributed by atoms with Gasteiger partial charge < -0.3 is 5.32 Å². The summed E-state index contributed by atoms with van der Waals surface area (Å²) in [6.45, 7) is 19.0. The number of likely N-dealkylation sites (tertiary alicyclic amines) is 1. The highest BCUT2D eigenvalue weighted by Gasteiger charge is 2.27. The van der Waals surface area contributed by atoms with E-state index in [9.17, 15) is 0 Å². The minimum absolute atomic E-state index is 0.704. The Balaban J connectivity index is 2.35. The molecular weight excluding hydrogens is 220 g/mol. The topological polar surface area (TPSA) is 15.3 Å². The molecule has 0 saturated carbocycles. The number of hydrogen-bond donors (Lipinski definition) is 1. The van der Waals surface area contributed by atoms with Gasteiger partial charge in [-0.2, -0.15) is 0 Å². The Bertz CT molecular complexity index is 217. The molecule has 1 saturated heterocycles. The third-order valence-corrected chi connectivity index (χ3v) is 4.32. The van der Waals surface area contributed by atoms with Gasteiger partial charge in [-0.15, -0.1) is 0 Å². The van der Waals surface area contributed by atoms with Gasteiger partial charge in [0.15, 0.2) is 0 Å².